The van der Waals surface area contributed by atoms with Gasteiger partial charge in [0.2, 0.25) is 0 Å². The van der Waals surface area contributed by atoms with Gasteiger partial charge in [0.1, 0.15) is 0 Å². The Morgan fingerprint density at radius 1 is 0.703 bits per heavy atom. The maximum Gasteiger partial charge on any atom is 0.0901 e. The summed E-state index contributed by atoms with van der Waals surface area (Å²) in [6.45, 7) is 18.2. The molecule has 0 aliphatic carbocycles. The quantitative estimate of drug-likeness (QED) is 0.260. The summed E-state index contributed by atoms with van der Waals surface area (Å²) in [5.41, 5.74) is 4.97. The second-order valence-corrected chi connectivity index (χ2v) is 12.1. The van der Waals surface area contributed by atoms with Crippen LogP contribution >= 0.6 is 0 Å². The van der Waals surface area contributed by atoms with E-state index in [-0.39, 0.29) is 16.6 Å². The third-order valence-corrected chi connectivity index (χ3v) is 9.37. The normalized spacial score (nSPS) is 21.4. The van der Waals surface area contributed by atoms with Crippen LogP contribution in [-0.2, 0) is 31.2 Å². The Hall–Kier alpha value is -1.72. The van der Waals surface area contributed by atoms with Gasteiger partial charge in [0.25, 0.3) is 0 Å². The Kier molecular flexibility index (Phi) is 8.85. The molecule has 0 saturated carbocycles. The molecule has 4 heteroatoms. The number of benzene rings is 2. The minimum Gasteiger partial charge on any atom is -0.380 e. The van der Waals surface area contributed by atoms with Crippen molar-refractivity contribution < 1.29 is 18.9 Å². The van der Waals surface area contributed by atoms with E-state index in [1.165, 1.54) is 22.3 Å². The Labute approximate surface area is 225 Å². The predicted molar refractivity (Wildman–Crippen MR) is 151 cm³/mol. The van der Waals surface area contributed by atoms with Crippen LogP contribution in [-0.4, -0.2) is 38.6 Å². The van der Waals surface area contributed by atoms with Gasteiger partial charge in [-0.05, 0) is 68.2 Å². The van der Waals surface area contributed by atoms with Crippen LogP contribution in [0.5, 0.6) is 0 Å². The van der Waals surface area contributed by atoms with Crippen molar-refractivity contribution in [3.05, 3.63) is 59.7 Å². The van der Waals surface area contributed by atoms with Crippen LogP contribution in [0.1, 0.15) is 84.8 Å². The molecule has 204 valence electrons. The first-order chi connectivity index (χ1) is 17.7. The van der Waals surface area contributed by atoms with Crippen LogP contribution in [0.15, 0.2) is 48.5 Å². The van der Waals surface area contributed by atoms with Gasteiger partial charge in [-0.2, -0.15) is 0 Å². The third kappa shape index (κ3) is 6.30. The summed E-state index contributed by atoms with van der Waals surface area (Å²) in [6.07, 6.45) is 5.25. The Morgan fingerprint density at radius 3 is 1.68 bits per heavy atom. The highest BCUT2D eigenvalue weighted by atomic mass is 16.5. The van der Waals surface area contributed by atoms with Crippen LogP contribution < -0.4 is 0 Å². The highest BCUT2D eigenvalue weighted by molar-refractivity contribution is 5.64. The first-order valence-electron chi connectivity index (χ1n) is 14.4. The number of ether oxygens (including phenoxy) is 4. The summed E-state index contributed by atoms with van der Waals surface area (Å²) < 4.78 is 24.1. The smallest absolute Gasteiger partial charge is 0.0901 e. The van der Waals surface area contributed by atoms with Crippen LogP contribution in [0.4, 0.5) is 0 Å². The van der Waals surface area contributed by atoms with Crippen molar-refractivity contribution in [3.63, 3.8) is 0 Å². The lowest BCUT2D eigenvalue weighted by atomic mass is 9.73. The van der Waals surface area contributed by atoms with Gasteiger partial charge in [0.15, 0.2) is 0 Å². The summed E-state index contributed by atoms with van der Waals surface area (Å²) in [5.74, 6) is 0. The molecule has 2 aliphatic heterocycles. The largest absolute Gasteiger partial charge is 0.380 e. The molecule has 2 heterocycles. The molecule has 4 nitrogen and oxygen atoms in total. The summed E-state index contributed by atoms with van der Waals surface area (Å²) in [4.78, 5) is 0. The number of hydrogen-bond donors (Lipinski definition) is 0. The van der Waals surface area contributed by atoms with E-state index in [9.17, 15) is 0 Å². The summed E-state index contributed by atoms with van der Waals surface area (Å²) >= 11 is 0. The fraction of sp³-hybridized carbons (Fsp3) is 0.636. The molecule has 0 radical (unpaired) electrons. The third-order valence-electron chi connectivity index (χ3n) is 9.37. The molecule has 0 spiro atoms. The van der Waals surface area contributed by atoms with Gasteiger partial charge in [-0.25, -0.2) is 0 Å². The van der Waals surface area contributed by atoms with Crippen molar-refractivity contribution in [1.29, 1.82) is 0 Å². The van der Waals surface area contributed by atoms with Gasteiger partial charge in [-0.15, -0.1) is 0 Å². The van der Waals surface area contributed by atoms with Gasteiger partial charge in [-0.1, -0.05) is 76.2 Å². The van der Waals surface area contributed by atoms with Gasteiger partial charge >= 0.3 is 0 Å². The van der Waals surface area contributed by atoms with E-state index >= 15 is 0 Å². The highest BCUT2D eigenvalue weighted by Crippen LogP contribution is 2.42. The molecule has 0 aromatic heterocycles. The highest BCUT2D eigenvalue weighted by Gasteiger charge is 2.43. The van der Waals surface area contributed by atoms with Crippen LogP contribution in [0.25, 0.3) is 11.1 Å². The fourth-order valence-corrected chi connectivity index (χ4v) is 5.44. The standard InChI is InChI=1S/C33H48O4/c1-7-30(5,20-32(9-3)21-34-22-32)36-19-26-11-13-27(14-12-26)28-15-17-29(18-16-28)31(6,8-2)37-25-33(10-4)23-35-24-33/h11-18H,7-10,19-25H2,1-6H3. The van der Waals surface area contributed by atoms with Gasteiger partial charge in [0.05, 0.1) is 50.8 Å². The van der Waals surface area contributed by atoms with Crippen molar-refractivity contribution in [1.82, 2.24) is 0 Å². The molecule has 2 saturated heterocycles. The van der Waals surface area contributed by atoms with Crippen molar-refractivity contribution in [2.75, 3.05) is 33.0 Å². The monoisotopic (exact) mass is 508 g/mol. The molecule has 0 amide bonds. The molecule has 2 fully saturated rings. The zero-order chi connectivity index (χ0) is 26.6. The predicted octanol–water partition coefficient (Wildman–Crippen LogP) is 7.92. The van der Waals surface area contributed by atoms with E-state index in [2.05, 4.69) is 90.1 Å². The van der Waals surface area contributed by atoms with E-state index in [0.717, 1.165) is 65.1 Å². The summed E-state index contributed by atoms with van der Waals surface area (Å²) in [7, 11) is 0. The minimum atomic E-state index is -0.286. The zero-order valence-electron chi connectivity index (χ0n) is 24.0. The number of rotatable bonds is 14. The summed E-state index contributed by atoms with van der Waals surface area (Å²) in [5, 5.41) is 0. The Bertz CT molecular complexity index is 979. The SMILES string of the molecule is CCC1(COC(C)(CC)c2ccc(-c3ccc(COC(C)(CC)CC4(CC)COC4)cc3)cc2)COC1. The van der Waals surface area contributed by atoms with Crippen LogP contribution in [0, 0.1) is 10.8 Å². The number of hydrogen-bond acceptors (Lipinski definition) is 4. The van der Waals surface area contributed by atoms with E-state index < -0.39 is 0 Å². The fourth-order valence-electron chi connectivity index (χ4n) is 5.44. The Morgan fingerprint density at radius 2 is 1.24 bits per heavy atom. The lowest BCUT2D eigenvalue weighted by Gasteiger charge is -2.46. The maximum atomic E-state index is 6.54. The molecule has 2 aliphatic rings. The molecule has 2 aromatic carbocycles. The van der Waals surface area contributed by atoms with Crippen molar-refractivity contribution >= 4 is 0 Å². The second-order valence-electron chi connectivity index (χ2n) is 12.1. The topological polar surface area (TPSA) is 36.9 Å². The molecule has 4 rings (SSSR count). The maximum absolute atomic E-state index is 6.54. The van der Waals surface area contributed by atoms with Crippen LogP contribution in [0.2, 0.25) is 0 Å². The summed E-state index contributed by atoms with van der Waals surface area (Å²) in [6, 6.07) is 17.7. The van der Waals surface area contributed by atoms with Crippen LogP contribution in [0.3, 0.4) is 0 Å². The van der Waals surface area contributed by atoms with Gasteiger partial charge in [0, 0.05) is 10.8 Å². The van der Waals surface area contributed by atoms with E-state index in [1.54, 1.807) is 0 Å². The second kappa shape index (κ2) is 11.6. The molecule has 37 heavy (non-hydrogen) atoms. The lowest BCUT2D eigenvalue weighted by Crippen LogP contribution is -2.48. The molecule has 2 aromatic rings. The van der Waals surface area contributed by atoms with Crippen molar-refractivity contribution in [2.24, 2.45) is 10.8 Å². The molecular weight excluding hydrogens is 460 g/mol. The van der Waals surface area contributed by atoms with Crippen molar-refractivity contribution in [3.8, 4) is 11.1 Å². The lowest BCUT2D eigenvalue weighted by molar-refractivity contribution is -0.180. The van der Waals surface area contributed by atoms with E-state index in [1.807, 2.05) is 0 Å². The van der Waals surface area contributed by atoms with Gasteiger partial charge < -0.3 is 18.9 Å². The molecule has 2 atom stereocenters. The minimum absolute atomic E-state index is 0.120. The molecular formula is C33H48O4. The van der Waals surface area contributed by atoms with E-state index in [0.29, 0.717) is 12.0 Å². The van der Waals surface area contributed by atoms with Gasteiger partial charge in [-0.3, -0.25) is 0 Å². The first-order valence-corrected chi connectivity index (χ1v) is 14.4. The van der Waals surface area contributed by atoms with Crippen molar-refractivity contribution in [2.45, 2.75) is 91.5 Å². The molecule has 2 unspecified atom stereocenters. The van der Waals surface area contributed by atoms with E-state index in [4.69, 9.17) is 18.9 Å². The average Bonchev–Trinajstić information content (AvgIpc) is 2.89. The molecule has 0 N–H and O–H groups in total. The Balaban J connectivity index is 1.36. The zero-order valence-corrected chi connectivity index (χ0v) is 24.0. The first kappa shape index (κ1) is 28.3. The molecule has 0 bridgehead atoms. The average molecular weight is 509 g/mol.